The lowest BCUT2D eigenvalue weighted by molar-refractivity contribution is -0.135. The molecule has 0 aliphatic carbocycles. The molecular formula is C23H23N5O5. The quantitative estimate of drug-likeness (QED) is 0.707. The second kappa shape index (κ2) is 8.53. The van der Waals surface area contributed by atoms with Gasteiger partial charge in [0.1, 0.15) is 23.7 Å². The molecule has 170 valence electrons. The van der Waals surface area contributed by atoms with E-state index in [1.54, 1.807) is 18.2 Å². The summed E-state index contributed by atoms with van der Waals surface area (Å²) >= 11 is 0. The maximum absolute atomic E-state index is 13.2. The molecule has 1 fully saturated rings. The first kappa shape index (κ1) is 20.9. The molecule has 0 spiro atoms. The Morgan fingerprint density at radius 2 is 2.09 bits per heavy atom. The number of carbonyl (C=O) groups is 3. The number of esters is 1. The van der Waals surface area contributed by atoms with Crippen molar-refractivity contribution in [3.63, 3.8) is 0 Å². The van der Waals surface area contributed by atoms with Gasteiger partial charge in [0, 0.05) is 25.2 Å². The molecule has 3 aliphatic rings. The number of nitrogens with zero attached hydrogens (tertiary/aromatic N) is 4. The zero-order valence-corrected chi connectivity index (χ0v) is 17.8. The number of hydrogen-bond acceptors (Lipinski definition) is 7. The normalized spacial score (nSPS) is 21.9. The van der Waals surface area contributed by atoms with Crippen molar-refractivity contribution in [1.82, 2.24) is 19.8 Å². The van der Waals surface area contributed by atoms with Crippen LogP contribution in [0.15, 0.2) is 42.9 Å². The van der Waals surface area contributed by atoms with E-state index in [1.165, 1.54) is 28.4 Å². The van der Waals surface area contributed by atoms with Crippen molar-refractivity contribution in [3.05, 3.63) is 59.7 Å². The van der Waals surface area contributed by atoms with Gasteiger partial charge in [-0.15, -0.1) is 0 Å². The first-order valence-electron chi connectivity index (χ1n) is 10.9. The molecule has 3 aliphatic heterocycles. The van der Waals surface area contributed by atoms with Crippen molar-refractivity contribution in [2.75, 3.05) is 13.2 Å². The third-order valence-electron chi connectivity index (χ3n) is 6.13. The van der Waals surface area contributed by atoms with Gasteiger partial charge in [0.2, 0.25) is 0 Å². The van der Waals surface area contributed by atoms with Gasteiger partial charge in [-0.25, -0.2) is 19.6 Å². The van der Waals surface area contributed by atoms with Crippen LogP contribution in [0.3, 0.4) is 0 Å². The van der Waals surface area contributed by atoms with Crippen LogP contribution in [0.5, 0.6) is 5.75 Å². The highest BCUT2D eigenvalue weighted by atomic mass is 16.5. The predicted octanol–water partition coefficient (Wildman–Crippen LogP) is 1.71. The Bertz CT molecular complexity index is 1140. The molecule has 2 unspecified atom stereocenters. The third kappa shape index (κ3) is 3.77. The van der Waals surface area contributed by atoms with Crippen molar-refractivity contribution < 1.29 is 23.9 Å². The number of ether oxygens (including phenoxy) is 2. The van der Waals surface area contributed by atoms with Crippen molar-refractivity contribution in [3.8, 4) is 5.75 Å². The number of hydrogen-bond donors (Lipinski definition) is 1. The molecule has 10 nitrogen and oxygen atoms in total. The second-order valence-electron chi connectivity index (χ2n) is 8.11. The van der Waals surface area contributed by atoms with Crippen LogP contribution in [0.4, 0.5) is 4.79 Å². The van der Waals surface area contributed by atoms with E-state index in [0.29, 0.717) is 43.0 Å². The van der Waals surface area contributed by atoms with E-state index in [2.05, 4.69) is 9.97 Å². The minimum Gasteiger partial charge on any atom is -0.492 e. The molecule has 1 aromatic heterocycles. The Balaban J connectivity index is 1.51. The van der Waals surface area contributed by atoms with Crippen LogP contribution < -0.4 is 10.5 Å². The minimum atomic E-state index is -0.880. The maximum Gasteiger partial charge on any atom is 0.342 e. The van der Waals surface area contributed by atoms with Crippen molar-refractivity contribution in [2.24, 2.45) is 5.73 Å². The van der Waals surface area contributed by atoms with Gasteiger partial charge in [0.15, 0.2) is 6.17 Å². The number of rotatable bonds is 3. The van der Waals surface area contributed by atoms with Gasteiger partial charge in [0.25, 0.3) is 5.91 Å². The molecule has 5 rings (SSSR count). The highest BCUT2D eigenvalue weighted by Crippen LogP contribution is 2.35. The number of nitrogens with two attached hydrogens (primary N) is 1. The topological polar surface area (TPSA) is 128 Å². The number of benzene rings is 1. The van der Waals surface area contributed by atoms with E-state index in [1.807, 2.05) is 6.07 Å². The van der Waals surface area contributed by atoms with Gasteiger partial charge >= 0.3 is 12.0 Å². The highest BCUT2D eigenvalue weighted by Gasteiger charge is 2.45. The molecule has 1 saturated heterocycles. The number of urea groups is 1. The molecule has 2 aromatic rings. The number of para-hydroxylation sites is 1. The van der Waals surface area contributed by atoms with Gasteiger partial charge in [-0.3, -0.25) is 9.69 Å². The van der Waals surface area contributed by atoms with E-state index in [9.17, 15) is 14.4 Å². The van der Waals surface area contributed by atoms with Crippen LogP contribution in [-0.2, 0) is 16.0 Å². The summed E-state index contributed by atoms with van der Waals surface area (Å²) in [5.41, 5.74) is 7.69. The lowest BCUT2D eigenvalue weighted by Gasteiger charge is -2.44. The standard InChI is InChI=1S/C23H23N5O5/c24-23(31)28-17(16-7-9-25-13-26-16)12-19(29)27-10-2-1-6-18(21(27)28)33-22(30)15-5-3-4-14-8-11-32-20(14)15/h3-5,7,9,12-13,18,21H,1-2,6,8,10-11H2,(H2,24,31). The number of amides is 3. The summed E-state index contributed by atoms with van der Waals surface area (Å²) in [5, 5.41) is 0. The molecular weight excluding hydrogens is 426 g/mol. The fourth-order valence-electron chi connectivity index (χ4n) is 4.65. The van der Waals surface area contributed by atoms with Crippen LogP contribution in [0.2, 0.25) is 0 Å². The van der Waals surface area contributed by atoms with E-state index in [-0.39, 0.29) is 11.6 Å². The molecule has 1 aromatic carbocycles. The largest absolute Gasteiger partial charge is 0.492 e. The number of primary amides is 1. The molecule has 2 atom stereocenters. The summed E-state index contributed by atoms with van der Waals surface area (Å²) in [6, 6.07) is 6.19. The van der Waals surface area contributed by atoms with Crippen LogP contribution in [-0.4, -0.2) is 63.1 Å². The Hall–Kier alpha value is -3.95. The van der Waals surface area contributed by atoms with Crippen molar-refractivity contribution >= 4 is 23.6 Å². The monoisotopic (exact) mass is 449 g/mol. The van der Waals surface area contributed by atoms with Crippen molar-refractivity contribution in [1.29, 1.82) is 0 Å². The van der Waals surface area contributed by atoms with Crippen LogP contribution in [0, 0.1) is 0 Å². The summed E-state index contributed by atoms with van der Waals surface area (Å²) in [4.78, 5) is 49.8. The number of fused-ring (bicyclic) bond motifs is 2. The summed E-state index contributed by atoms with van der Waals surface area (Å²) < 4.78 is 11.6. The highest BCUT2D eigenvalue weighted by molar-refractivity contribution is 6.00. The summed E-state index contributed by atoms with van der Waals surface area (Å²) in [6.07, 6.45) is 5.15. The molecule has 0 saturated carbocycles. The number of aromatic nitrogens is 2. The first-order chi connectivity index (χ1) is 16.0. The average molecular weight is 449 g/mol. The number of carbonyl (C=O) groups excluding carboxylic acids is 3. The lowest BCUT2D eigenvalue weighted by Crippen LogP contribution is -2.61. The summed E-state index contributed by atoms with van der Waals surface area (Å²) in [7, 11) is 0. The van der Waals surface area contributed by atoms with Crippen molar-refractivity contribution in [2.45, 2.75) is 38.0 Å². The smallest absolute Gasteiger partial charge is 0.342 e. The maximum atomic E-state index is 13.2. The molecule has 4 heterocycles. The molecule has 0 bridgehead atoms. The van der Waals surface area contributed by atoms with Crippen LogP contribution in [0.25, 0.3) is 5.70 Å². The van der Waals surface area contributed by atoms with Gasteiger partial charge in [-0.2, -0.15) is 0 Å². The zero-order valence-electron chi connectivity index (χ0n) is 17.8. The van der Waals surface area contributed by atoms with E-state index in [0.717, 1.165) is 18.4 Å². The molecule has 3 amide bonds. The average Bonchev–Trinajstić information content (AvgIpc) is 3.21. The Morgan fingerprint density at radius 3 is 2.88 bits per heavy atom. The predicted molar refractivity (Wildman–Crippen MR) is 116 cm³/mol. The third-order valence-corrected chi connectivity index (χ3v) is 6.13. The Labute approximate surface area is 190 Å². The van der Waals surface area contributed by atoms with Gasteiger partial charge in [0.05, 0.1) is 18.0 Å². The van der Waals surface area contributed by atoms with Crippen LogP contribution in [0.1, 0.15) is 40.9 Å². The van der Waals surface area contributed by atoms with Gasteiger partial charge in [-0.05, 0) is 37.0 Å². The molecule has 0 radical (unpaired) electrons. The summed E-state index contributed by atoms with van der Waals surface area (Å²) in [6.45, 7) is 0.926. The zero-order chi connectivity index (χ0) is 22.9. The fraction of sp³-hybridized carbons (Fsp3) is 0.348. The molecule has 10 heteroatoms. The van der Waals surface area contributed by atoms with Gasteiger partial charge in [-0.1, -0.05) is 12.1 Å². The Morgan fingerprint density at radius 1 is 1.21 bits per heavy atom. The minimum absolute atomic E-state index is 0.253. The van der Waals surface area contributed by atoms with E-state index in [4.69, 9.17) is 15.2 Å². The second-order valence-corrected chi connectivity index (χ2v) is 8.11. The van der Waals surface area contributed by atoms with Gasteiger partial charge < -0.3 is 20.1 Å². The van der Waals surface area contributed by atoms with Crippen LogP contribution >= 0.6 is 0 Å². The summed E-state index contributed by atoms with van der Waals surface area (Å²) in [5.74, 6) is -0.324. The fourth-order valence-corrected chi connectivity index (χ4v) is 4.65. The van der Waals surface area contributed by atoms with E-state index >= 15 is 0 Å². The molecule has 2 N–H and O–H groups in total. The SMILES string of the molecule is NC(=O)N1C(c2ccncn2)=CC(=O)N2CCCCC(OC(=O)c3cccc4c3OCC4)C21. The lowest BCUT2D eigenvalue weighted by atomic mass is 10.1. The Kier molecular flexibility index (Phi) is 5.41. The van der Waals surface area contributed by atoms with E-state index < -0.39 is 24.3 Å². The first-order valence-corrected chi connectivity index (χ1v) is 10.9. The molecule has 33 heavy (non-hydrogen) atoms.